The molecule has 1 aromatic carbocycles. The van der Waals surface area contributed by atoms with Gasteiger partial charge in [-0.15, -0.1) is 12.4 Å². The first-order valence-electron chi connectivity index (χ1n) is 6.83. The molecule has 1 aliphatic heterocycles. The van der Waals surface area contributed by atoms with Gasteiger partial charge in [-0.05, 0) is 19.5 Å². The fourth-order valence-electron chi connectivity index (χ4n) is 2.40. The zero-order chi connectivity index (χ0) is 13.7. The molecule has 1 aromatic rings. The van der Waals surface area contributed by atoms with Crippen molar-refractivity contribution in [1.29, 1.82) is 0 Å². The normalized spacial score (nSPS) is 22.2. The number of nitrogens with one attached hydrogen (secondary N) is 1. The van der Waals surface area contributed by atoms with Gasteiger partial charge in [0.15, 0.2) is 0 Å². The first kappa shape index (κ1) is 17.0. The van der Waals surface area contributed by atoms with Crippen LogP contribution in [0.3, 0.4) is 0 Å². The van der Waals surface area contributed by atoms with Gasteiger partial charge in [0.2, 0.25) is 5.91 Å². The van der Waals surface area contributed by atoms with E-state index in [9.17, 15) is 4.79 Å². The minimum atomic E-state index is -0.0107. The predicted octanol–water partition coefficient (Wildman–Crippen LogP) is 2.01. The van der Waals surface area contributed by atoms with Crippen LogP contribution in [0.1, 0.15) is 25.0 Å². The Morgan fingerprint density at radius 3 is 2.70 bits per heavy atom. The molecule has 112 valence electrons. The van der Waals surface area contributed by atoms with E-state index < -0.39 is 0 Å². The highest BCUT2D eigenvalue weighted by atomic mass is 35.5. The molecule has 1 fully saturated rings. The van der Waals surface area contributed by atoms with E-state index in [4.69, 9.17) is 4.74 Å². The van der Waals surface area contributed by atoms with Gasteiger partial charge >= 0.3 is 0 Å². The van der Waals surface area contributed by atoms with E-state index in [-0.39, 0.29) is 30.5 Å². The summed E-state index contributed by atoms with van der Waals surface area (Å²) in [4.78, 5) is 14.0. The molecule has 2 unspecified atom stereocenters. The molecule has 2 atom stereocenters. The van der Waals surface area contributed by atoms with Crippen LogP contribution in [0.15, 0.2) is 30.3 Å². The fraction of sp³-hybridized carbons (Fsp3) is 0.533. The Balaban J connectivity index is 0.00000200. The standard InChI is InChI=1S/C15H22N2O2.ClH/c1-12-10-17(15(18)8-9-16-2)11-14(19-12)13-6-4-3-5-7-13;/h3-7,12,14,16H,8-11H2,1-2H3;1H. The van der Waals surface area contributed by atoms with E-state index in [0.717, 1.165) is 12.1 Å². The topological polar surface area (TPSA) is 41.6 Å². The molecule has 0 radical (unpaired) electrons. The Labute approximate surface area is 126 Å². The molecule has 1 heterocycles. The van der Waals surface area contributed by atoms with Gasteiger partial charge in [-0.2, -0.15) is 0 Å². The highest BCUT2D eigenvalue weighted by Crippen LogP contribution is 2.25. The van der Waals surface area contributed by atoms with Crippen LogP contribution in [-0.4, -0.2) is 43.6 Å². The maximum Gasteiger partial charge on any atom is 0.224 e. The Bertz CT molecular complexity index is 414. The van der Waals surface area contributed by atoms with Crippen LogP contribution in [0.4, 0.5) is 0 Å². The number of hydrogen-bond donors (Lipinski definition) is 1. The summed E-state index contributed by atoms with van der Waals surface area (Å²) in [6.45, 7) is 4.08. The molecule has 1 saturated heterocycles. The number of ether oxygens (including phenoxy) is 1. The summed E-state index contributed by atoms with van der Waals surface area (Å²) < 4.78 is 5.95. The number of carbonyl (C=O) groups excluding carboxylic acids is 1. The SMILES string of the molecule is CNCCC(=O)N1CC(C)OC(c2ccccc2)C1.Cl. The molecular formula is C15H23ClN2O2. The van der Waals surface area contributed by atoms with E-state index in [1.165, 1.54) is 0 Å². The van der Waals surface area contributed by atoms with Crippen LogP contribution in [0.25, 0.3) is 0 Å². The van der Waals surface area contributed by atoms with Crippen LogP contribution < -0.4 is 5.32 Å². The zero-order valence-corrected chi connectivity index (χ0v) is 12.9. The lowest BCUT2D eigenvalue weighted by atomic mass is 10.1. The van der Waals surface area contributed by atoms with Crippen LogP contribution in [-0.2, 0) is 9.53 Å². The third kappa shape index (κ3) is 4.47. The summed E-state index contributed by atoms with van der Waals surface area (Å²) in [7, 11) is 1.86. The first-order valence-corrected chi connectivity index (χ1v) is 6.83. The molecule has 5 heteroatoms. The van der Waals surface area contributed by atoms with Crippen molar-refractivity contribution < 1.29 is 9.53 Å². The van der Waals surface area contributed by atoms with Gasteiger partial charge in [0.25, 0.3) is 0 Å². The van der Waals surface area contributed by atoms with E-state index >= 15 is 0 Å². The highest BCUT2D eigenvalue weighted by Gasteiger charge is 2.28. The third-order valence-corrected chi connectivity index (χ3v) is 3.37. The number of amides is 1. The average Bonchev–Trinajstić information content (AvgIpc) is 2.45. The van der Waals surface area contributed by atoms with Crippen molar-refractivity contribution in [2.24, 2.45) is 0 Å². The molecule has 0 aliphatic carbocycles. The second-order valence-electron chi connectivity index (χ2n) is 5.00. The summed E-state index contributed by atoms with van der Waals surface area (Å²) in [6, 6.07) is 10.1. The minimum absolute atomic E-state index is 0. The molecule has 0 bridgehead atoms. The summed E-state index contributed by atoms with van der Waals surface area (Å²) in [5.74, 6) is 0.199. The number of rotatable bonds is 4. The number of morpholine rings is 1. The predicted molar refractivity (Wildman–Crippen MR) is 82.1 cm³/mol. The number of hydrogen-bond acceptors (Lipinski definition) is 3. The quantitative estimate of drug-likeness (QED) is 0.924. The smallest absolute Gasteiger partial charge is 0.224 e. The van der Waals surface area contributed by atoms with E-state index in [2.05, 4.69) is 17.4 Å². The molecular weight excluding hydrogens is 276 g/mol. The van der Waals surface area contributed by atoms with E-state index in [1.807, 2.05) is 37.1 Å². The molecule has 1 aliphatic rings. The molecule has 4 nitrogen and oxygen atoms in total. The fourth-order valence-corrected chi connectivity index (χ4v) is 2.40. The van der Waals surface area contributed by atoms with Crippen molar-refractivity contribution in [3.05, 3.63) is 35.9 Å². The molecule has 1 N–H and O–H groups in total. The van der Waals surface area contributed by atoms with Gasteiger partial charge in [-0.1, -0.05) is 30.3 Å². The Hall–Kier alpha value is -1.10. The second kappa shape index (κ2) is 8.25. The maximum atomic E-state index is 12.1. The minimum Gasteiger partial charge on any atom is -0.367 e. The van der Waals surface area contributed by atoms with Gasteiger partial charge in [-0.3, -0.25) is 4.79 Å². The number of carbonyl (C=O) groups is 1. The third-order valence-electron chi connectivity index (χ3n) is 3.37. The summed E-state index contributed by atoms with van der Waals surface area (Å²) in [5, 5.41) is 3.01. The van der Waals surface area contributed by atoms with Crippen molar-refractivity contribution in [3.63, 3.8) is 0 Å². The number of halogens is 1. The van der Waals surface area contributed by atoms with Crippen LogP contribution in [0.2, 0.25) is 0 Å². The second-order valence-corrected chi connectivity index (χ2v) is 5.00. The Morgan fingerprint density at radius 2 is 2.05 bits per heavy atom. The molecule has 0 aromatic heterocycles. The zero-order valence-electron chi connectivity index (χ0n) is 12.0. The van der Waals surface area contributed by atoms with Gasteiger partial charge < -0.3 is 15.0 Å². The van der Waals surface area contributed by atoms with E-state index in [0.29, 0.717) is 19.5 Å². The lowest BCUT2D eigenvalue weighted by Crippen LogP contribution is -2.46. The lowest BCUT2D eigenvalue weighted by molar-refractivity contribution is -0.144. The summed E-state index contributed by atoms with van der Waals surface area (Å²) in [6.07, 6.45) is 0.617. The summed E-state index contributed by atoms with van der Waals surface area (Å²) in [5.41, 5.74) is 1.14. The monoisotopic (exact) mass is 298 g/mol. The van der Waals surface area contributed by atoms with E-state index in [1.54, 1.807) is 0 Å². The number of nitrogens with zero attached hydrogens (tertiary/aromatic N) is 1. The van der Waals surface area contributed by atoms with Crippen molar-refractivity contribution in [1.82, 2.24) is 10.2 Å². The van der Waals surface area contributed by atoms with Crippen LogP contribution in [0.5, 0.6) is 0 Å². The van der Waals surface area contributed by atoms with Crippen molar-refractivity contribution in [3.8, 4) is 0 Å². The van der Waals surface area contributed by atoms with Gasteiger partial charge in [0, 0.05) is 19.5 Å². The largest absolute Gasteiger partial charge is 0.367 e. The number of benzene rings is 1. The van der Waals surface area contributed by atoms with Crippen LogP contribution in [0, 0.1) is 0 Å². The van der Waals surface area contributed by atoms with Crippen molar-refractivity contribution in [2.45, 2.75) is 25.6 Å². The maximum absolute atomic E-state index is 12.1. The lowest BCUT2D eigenvalue weighted by Gasteiger charge is -2.37. The molecule has 2 rings (SSSR count). The first-order chi connectivity index (χ1) is 9.20. The van der Waals surface area contributed by atoms with Crippen molar-refractivity contribution in [2.75, 3.05) is 26.7 Å². The van der Waals surface area contributed by atoms with Crippen LogP contribution >= 0.6 is 12.4 Å². The Kier molecular flexibility index (Phi) is 6.99. The summed E-state index contributed by atoms with van der Waals surface area (Å²) >= 11 is 0. The highest BCUT2D eigenvalue weighted by molar-refractivity contribution is 5.85. The molecule has 1 amide bonds. The van der Waals surface area contributed by atoms with Crippen molar-refractivity contribution >= 4 is 18.3 Å². The molecule has 0 saturated carbocycles. The molecule has 0 spiro atoms. The van der Waals surface area contributed by atoms with Gasteiger partial charge in [0.1, 0.15) is 6.10 Å². The Morgan fingerprint density at radius 1 is 1.35 bits per heavy atom. The van der Waals surface area contributed by atoms with Gasteiger partial charge in [0.05, 0.1) is 12.6 Å². The molecule has 20 heavy (non-hydrogen) atoms. The average molecular weight is 299 g/mol. The van der Waals surface area contributed by atoms with Gasteiger partial charge in [-0.25, -0.2) is 0 Å².